The molecule has 6 heteroatoms. The van der Waals surface area contributed by atoms with Crippen molar-refractivity contribution < 1.29 is 9.53 Å². The molecule has 110 valence electrons. The lowest BCUT2D eigenvalue weighted by Gasteiger charge is -2.07. The number of likely N-dealkylation sites (N-methyl/N-ethyl adjacent to an activating group) is 1. The summed E-state index contributed by atoms with van der Waals surface area (Å²) in [5.41, 5.74) is 0.965. The molecule has 21 heavy (non-hydrogen) atoms. The molecule has 0 saturated carbocycles. The number of carbonyl (C=O) groups is 1. The number of aliphatic imine (C=N–C) groups is 1. The molecule has 2 rings (SSSR count). The zero-order valence-electron chi connectivity index (χ0n) is 11.8. The summed E-state index contributed by atoms with van der Waals surface area (Å²) in [6.07, 6.45) is 3.59. The number of hydrogen-bond donors (Lipinski definition) is 0. The van der Waals surface area contributed by atoms with E-state index in [0.29, 0.717) is 16.7 Å². The molecular formula is C15H15IN2O2S. The van der Waals surface area contributed by atoms with Gasteiger partial charge in [-0.25, -0.2) is 0 Å². The SMILES string of the molecule is C=CCOc1ccc(/C=C2/SC(=NC)N(C)C2=O)cc1I. The Kier molecular flexibility index (Phi) is 5.46. The second-order valence-electron chi connectivity index (χ2n) is 4.27. The molecule has 1 aliphatic rings. The average molecular weight is 414 g/mol. The van der Waals surface area contributed by atoms with Gasteiger partial charge in [0.05, 0.1) is 8.48 Å². The first-order valence-corrected chi connectivity index (χ1v) is 8.14. The molecule has 1 heterocycles. The minimum atomic E-state index is -0.0254. The third kappa shape index (κ3) is 3.68. The largest absolute Gasteiger partial charge is 0.488 e. The quantitative estimate of drug-likeness (QED) is 0.431. The van der Waals surface area contributed by atoms with Gasteiger partial charge in [-0.15, -0.1) is 0 Å². The van der Waals surface area contributed by atoms with E-state index in [1.54, 1.807) is 25.1 Å². The number of halogens is 1. The van der Waals surface area contributed by atoms with Crippen molar-refractivity contribution in [2.45, 2.75) is 0 Å². The number of benzene rings is 1. The molecule has 0 unspecified atom stereocenters. The monoisotopic (exact) mass is 414 g/mol. The molecule has 1 aromatic rings. The molecule has 1 saturated heterocycles. The van der Waals surface area contributed by atoms with Crippen molar-refractivity contribution in [3.05, 3.63) is 44.9 Å². The van der Waals surface area contributed by atoms with E-state index in [9.17, 15) is 4.79 Å². The number of ether oxygens (including phenoxy) is 1. The van der Waals surface area contributed by atoms with Gasteiger partial charge in [0.25, 0.3) is 5.91 Å². The van der Waals surface area contributed by atoms with Gasteiger partial charge < -0.3 is 4.74 Å². The molecule has 1 aromatic carbocycles. The fraction of sp³-hybridized carbons (Fsp3) is 0.200. The van der Waals surface area contributed by atoms with E-state index in [1.807, 2.05) is 24.3 Å². The molecular weight excluding hydrogens is 399 g/mol. The van der Waals surface area contributed by atoms with E-state index in [2.05, 4.69) is 34.2 Å². The maximum absolute atomic E-state index is 12.1. The van der Waals surface area contributed by atoms with Crippen LogP contribution in [0.4, 0.5) is 0 Å². The van der Waals surface area contributed by atoms with Crippen LogP contribution in [0.15, 0.2) is 40.8 Å². The number of carbonyl (C=O) groups excluding carboxylic acids is 1. The van der Waals surface area contributed by atoms with Crippen molar-refractivity contribution in [1.82, 2.24) is 4.90 Å². The third-order valence-corrected chi connectivity index (χ3v) is 4.80. The molecule has 0 spiro atoms. The molecule has 1 fully saturated rings. The van der Waals surface area contributed by atoms with Crippen LogP contribution in [0, 0.1) is 3.57 Å². The summed E-state index contributed by atoms with van der Waals surface area (Å²) in [5.74, 6) is 0.790. The Bertz CT molecular complexity index is 641. The lowest BCUT2D eigenvalue weighted by Crippen LogP contribution is -2.23. The van der Waals surface area contributed by atoms with Gasteiger partial charge in [0.15, 0.2) is 5.17 Å². The predicted molar refractivity (Wildman–Crippen MR) is 96.5 cm³/mol. The van der Waals surface area contributed by atoms with E-state index in [4.69, 9.17) is 4.74 Å². The van der Waals surface area contributed by atoms with Crippen LogP contribution in [-0.4, -0.2) is 36.7 Å². The summed E-state index contributed by atoms with van der Waals surface area (Å²) in [6, 6.07) is 5.82. The molecule has 1 amide bonds. The summed E-state index contributed by atoms with van der Waals surface area (Å²) >= 11 is 3.60. The first-order valence-electron chi connectivity index (χ1n) is 6.24. The highest BCUT2D eigenvalue weighted by Gasteiger charge is 2.29. The van der Waals surface area contributed by atoms with Crippen molar-refractivity contribution in [3.8, 4) is 5.75 Å². The number of nitrogens with zero attached hydrogens (tertiary/aromatic N) is 2. The Labute approximate surface area is 142 Å². The van der Waals surface area contributed by atoms with Gasteiger partial charge in [-0.2, -0.15) is 0 Å². The van der Waals surface area contributed by atoms with Crippen molar-refractivity contribution in [2.75, 3.05) is 20.7 Å². The van der Waals surface area contributed by atoms with Gasteiger partial charge in [-0.1, -0.05) is 18.7 Å². The maximum Gasteiger partial charge on any atom is 0.266 e. The molecule has 0 bridgehead atoms. The van der Waals surface area contributed by atoms with Gasteiger partial charge in [0.2, 0.25) is 0 Å². The summed E-state index contributed by atoms with van der Waals surface area (Å²) in [4.78, 5) is 18.4. The van der Waals surface area contributed by atoms with Crippen molar-refractivity contribution in [1.29, 1.82) is 0 Å². The summed E-state index contributed by atoms with van der Waals surface area (Å²) in [7, 11) is 3.41. The first-order chi connectivity index (χ1) is 10.1. The van der Waals surface area contributed by atoms with Crippen molar-refractivity contribution >= 4 is 51.5 Å². The highest BCUT2D eigenvalue weighted by molar-refractivity contribution is 14.1. The van der Waals surface area contributed by atoms with Crippen LogP contribution in [0.3, 0.4) is 0 Å². The number of thioether (sulfide) groups is 1. The molecule has 0 atom stereocenters. The van der Waals surface area contributed by atoms with E-state index in [-0.39, 0.29) is 5.91 Å². The van der Waals surface area contributed by atoms with Crippen LogP contribution < -0.4 is 4.74 Å². The normalized spacial score (nSPS) is 18.6. The van der Waals surface area contributed by atoms with Gasteiger partial charge in [-0.3, -0.25) is 14.7 Å². The van der Waals surface area contributed by atoms with Crippen LogP contribution >= 0.6 is 34.4 Å². The van der Waals surface area contributed by atoms with Crippen molar-refractivity contribution in [3.63, 3.8) is 0 Å². The topological polar surface area (TPSA) is 41.9 Å². The van der Waals surface area contributed by atoms with Crippen LogP contribution in [-0.2, 0) is 4.79 Å². The van der Waals surface area contributed by atoms with Gasteiger partial charge >= 0.3 is 0 Å². The Morgan fingerprint density at radius 2 is 2.29 bits per heavy atom. The lowest BCUT2D eigenvalue weighted by atomic mass is 10.2. The smallest absolute Gasteiger partial charge is 0.266 e. The molecule has 0 radical (unpaired) electrons. The Morgan fingerprint density at radius 1 is 1.52 bits per heavy atom. The number of amides is 1. The Morgan fingerprint density at radius 3 is 2.86 bits per heavy atom. The Hall–Kier alpha value is -1.28. The molecule has 0 aromatic heterocycles. The van der Waals surface area contributed by atoms with Gasteiger partial charge in [0, 0.05) is 14.1 Å². The summed E-state index contributed by atoms with van der Waals surface area (Å²) in [5, 5.41) is 0.715. The van der Waals surface area contributed by atoms with Gasteiger partial charge in [-0.05, 0) is 58.1 Å². The second kappa shape index (κ2) is 7.13. The number of amidine groups is 1. The van der Waals surface area contributed by atoms with E-state index < -0.39 is 0 Å². The highest BCUT2D eigenvalue weighted by Crippen LogP contribution is 2.32. The standard InChI is InChI=1S/C15H15IN2O2S/c1-4-7-20-12-6-5-10(8-11(12)16)9-13-14(19)18(3)15(17-2)21-13/h4-6,8-9H,1,7H2,2-3H3/b13-9+,17-15?. The first kappa shape index (κ1) is 16.1. The zero-order valence-corrected chi connectivity index (χ0v) is 14.8. The average Bonchev–Trinajstić information content (AvgIpc) is 2.74. The van der Waals surface area contributed by atoms with Crippen LogP contribution in [0.25, 0.3) is 6.08 Å². The molecule has 4 nitrogen and oxygen atoms in total. The van der Waals surface area contributed by atoms with Crippen LogP contribution in [0.5, 0.6) is 5.75 Å². The van der Waals surface area contributed by atoms with Crippen LogP contribution in [0.2, 0.25) is 0 Å². The van der Waals surface area contributed by atoms with E-state index >= 15 is 0 Å². The third-order valence-electron chi connectivity index (χ3n) is 2.81. The maximum atomic E-state index is 12.1. The second-order valence-corrected chi connectivity index (χ2v) is 6.44. The molecule has 0 aliphatic carbocycles. The van der Waals surface area contributed by atoms with Gasteiger partial charge in [0.1, 0.15) is 12.4 Å². The minimum Gasteiger partial charge on any atom is -0.488 e. The van der Waals surface area contributed by atoms with E-state index in [1.165, 1.54) is 11.8 Å². The Balaban J connectivity index is 2.24. The number of rotatable bonds is 4. The predicted octanol–water partition coefficient (Wildman–Crippen LogP) is 3.39. The van der Waals surface area contributed by atoms with E-state index in [0.717, 1.165) is 14.9 Å². The summed E-state index contributed by atoms with van der Waals surface area (Å²) < 4.78 is 6.54. The fourth-order valence-corrected chi connectivity index (χ4v) is 3.40. The highest BCUT2D eigenvalue weighted by atomic mass is 127. The summed E-state index contributed by atoms with van der Waals surface area (Å²) in [6.45, 7) is 4.11. The lowest BCUT2D eigenvalue weighted by molar-refractivity contribution is -0.121. The zero-order chi connectivity index (χ0) is 15.4. The molecule has 1 aliphatic heterocycles. The minimum absolute atomic E-state index is 0.0254. The van der Waals surface area contributed by atoms with Crippen molar-refractivity contribution in [2.24, 2.45) is 4.99 Å². The van der Waals surface area contributed by atoms with Crippen LogP contribution in [0.1, 0.15) is 5.56 Å². The number of hydrogen-bond acceptors (Lipinski definition) is 4. The fourth-order valence-electron chi connectivity index (χ4n) is 1.77. The molecule has 0 N–H and O–H groups in total.